The summed E-state index contributed by atoms with van der Waals surface area (Å²) in [5, 5.41) is 13.5. The number of halogens is 1. The van der Waals surface area contributed by atoms with E-state index >= 15 is 0 Å². The van der Waals surface area contributed by atoms with Gasteiger partial charge < -0.3 is 10.4 Å². The van der Waals surface area contributed by atoms with Crippen LogP contribution in [0.3, 0.4) is 0 Å². The van der Waals surface area contributed by atoms with Crippen LogP contribution in [0.5, 0.6) is 0 Å². The molecule has 0 aromatic heterocycles. The van der Waals surface area contributed by atoms with Gasteiger partial charge in [0.25, 0.3) is 0 Å². The molecular formula is C17H19ClN2O2. The number of rotatable bonds is 6. The normalized spacial score (nSPS) is 12.2. The van der Waals surface area contributed by atoms with Crippen molar-refractivity contribution in [2.75, 3.05) is 25.5 Å². The maximum atomic E-state index is 12.0. The van der Waals surface area contributed by atoms with Gasteiger partial charge in [-0.3, -0.25) is 9.69 Å². The predicted molar refractivity (Wildman–Crippen MR) is 89.0 cm³/mol. The summed E-state index contributed by atoms with van der Waals surface area (Å²) in [5.74, 6) is -0.148. The Morgan fingerprint density at radius 3 is 2.64 bits per heavy atom. The lowest BCUT2D eigenvalue weighted by atomic mass is 10.1. The van der Waals surface area contributed by atoms with Gasteiger partial charge in [0.05, 0.1) is 12.6 Å². The first kappa shape index (κ1) is 16.5. The summed E-state index contributed by atoms with van der Waals surface area (Å²) < 4.78 is 0. The fourth-order valence-electron chi connectivity index (χ4n) is 2.15. The van der Waals surface area contributed by atoms with Crippen LogP contribution in [-0.2, 0) is 4.79 Å². The zero-order chi connectivity index (χ0) is 15.9. The summed E-state index contributed by atoms with van der Waals surface area (Å²) in [5.41, 5.74) is 1.50. The summed E-state index contributed by atoms with van der Waals surface area (Å²) >= 11 is 5.88. The van der Waals surface area contributed by atoms with Crippen molar-refractivity contribution in [1.82, 2.24) is 4.90 Å². The molecule has 5 heteroatoms. The van der Waals surface area contributed by atoms with Crippen LogP contribution in [0.2, 0.25) is 5.02 Å². The number of carbonyl (C=O) groups is 1. The molecule has 0 aliphatic heterocycles. The number of anilines is 1. The predicted octanol–water partition coefficient (Wildman–Crippen LogP) is 2.94. The van der Waals surface area contributed by atoms with E-state index in [4.69, 9.17) is 11.6 Å². The lowest BCUT2D eigenvalue weighted by Crippen LogP contribution is -2.33. The fourth-order valence-corrected chi connectivity index (χ4v) is 2.34. The number of aliphatic hydroxyl groups excluding tert-OH is 1. The highest BCUT2D eigenvalue weighted by molar-refractivity contribution is 6.30. The van der Waals surface area contributed by atoms with E-state index in [0.717, 1.165) is 5.56 Å². The van der Waals surface area contributed by atoms with E-state index in [1.807, 2.05) is 30.3 Å². The van der Waals surface area contributed by atoms with Crippen molar-refractivity contribution in [2.24, 2.45) is 0 Å². The van der Waals surface area contributed by atoms with Gasteiger partial charge in [-0.05, 0) is 30.8 Å². The number of nitrogens with zero attached hydrogens (tertiary/aromatic N) is 1. The van der Waals surface area contributed by atoms with E-state index in [9.17, 15) is 9.90 Å². The quantitative estimate of drug-likeness (QED) is 0.861. The molecule has 0 aliphatic rings. The molecule has 1 unspecified atom stereocenters. The van der Waals surface area contributed by atoms with Crippen LogP contribution in [0.4, 0.5) is 5.69 Å². The average Bonchev–Trinajstić information content (AvgIpc) is 2.47. The Labute approximate surface area is 135 Å². The second kappa shape index (κ2) is 7.94. The minimum absolute atomic E-state index is 0.148. The van der Waals surface area contributed by atoms with Gasteiger partial charge in [0.1, 0.15) is 0 Å². The van der Waals surface area contributed by atoms with Gasteiger partial charge in [-0.15, -0.1) is 0 Å². The van der Waals surface area contributed by atoms with Crippen molar-refractivity contribution in [1.29, 1.82) is 0 Å². The molecule has 0 saturated carbocycles. The van der Waals surface area contributed by atoms with Crippen molar-refractivity contribution in [3.63, 3.8) is 0 Å². The van der Waals surface area contributed by atoms with Gasteiger partial charge >= 0.3 is 0 Å². The van der Waals surface area contributed by atoms with Crippen molar-refractivity contribution in [3.8, 4) is 0 Å². The van der Waals surface area contributed by atoms with Crippen LogP contribution in [0.15, 0.2) is 54.6 Å². The largest absolute Gasteiger partial charge is 0.387 e. The molecule has 22 heavy (non-hydrogen) atoms. The summed E-state index contributed by atoms with van der Waals surface area (Å²) in [6, 6.07) is 16.4. The van der Waals surface area contributed by atoms with Crippen molar-refractivity contribution in [2.45, 2.75) is 6.10 Å². The molecule has 0 spiro atoms. The molecule has 2 aromatic rings. The molecule has 2 N–H and O–H groups in total. The highest BCUT2D eigenvalue weighted by Gasteiger charge is 2.13. The number of hydrogen-bond acceptors (Lipinski definition) is 3. The van der Waals surface area contributed by atoms with Crippen molar-refractivity contribution in [3.05, 3.63) is 65.2 Å². The number of aliphatic hydroxyl groups is 1. The molecule has 116 valence electrons. The Bertz CT molecular complexity index is 619. The third-order valence-electron chi connectivity index (χ3n) is 3.19. The molecular weight excluding hydrogens is 300 g/mol. The zero-order valence-electron chi connectivity index (χ0n) is 12.4. The molecule has 4 nitrogen and oxygen atoms in total. The van der Waals surface area contributed by atoms with Gasteiger partial charge in [0, 0.05) is 17.3 Å². The summed E-state index contributed by atoms with van der Waals surface area (Å²) in [4.78, 5) is 13.8. The van der Waals surface area contributed by atoms with Crippen LogP contribution in [0, 0.1) is 0 Å². The Morgan fingerprint density at radius 2 is 1.95 bits per heavy atom. The van der Waals surface area contributed by atoms with Crippen LogP contribution in [-0.4, -0.2) is 36.1 Å². The van der Waals surface area contributed by atoms with E-state index in [0.29, 0.717) is 17.3 Å². The second-order valence-electron chi connectivity index (χ2n) is 5.18. The smallest absolute Gasteiger partial charge is 0.238 e. The first-order valence-electron chi connectivity index (χ1n) is 7.01. The zero-order valence-corrected chi connectivity index (χ0v) is 13.1. The Kier molecular flexibility index (Phi) is 5.95. The fraction of sp³-hybridized carbons (Fsp3) is 0.235. The van der Waals surface area contributed by atoms with Crippen LogP contribution in [0.25, 0.3) is 0 Å². The average molecular weight is 319 g/mol. The highest BCUT2D eigenvalue weighted by atomic mass is 35.5. The summed E-state index contributed by atoms with van der Waals surface area (Å²) in [6.07, 6.45) is -0.620. The van der Waals surface area contributed by atoms with Gasteiger partial charge in [0.2, 0.25) is 5.91 Å². The lowest BCUT2D eigenvalue weighted by molar-refractivity contribution is -0.117. The van der Waals surface area contributed by atoms with E-state index in [1.165, 1.54) is 0 Å². The number of likely N-dealkylation sites (N-methyl/N-ethyl adjacent to an activating group) is 1. The van der Waals surface area contributed by atoms with E-state index in [-0.39, 0.29) is 12.5 Å². The number of hydrogen-bond donors (Lipinski definition) is 2. The standard InChI is InChI=1S/C17H19ClN2O2/c1-20(11-16(21)13-6-3-2-4-7-13)12-17(22)19-15-9-5-8-14(18)10-15/h2-10,16,21H,11-12H2,1H3,(H,19,22). The minimum Gasteiger partial charge on any atom is -0.387 e. The lowest BCUT2D eigenvalue weighted by Gasteiger charge is -2.20. The minimum atomic E-state index is -0.620. The molecule has 0 radical (unpaired) electrons. The third kappa shape index (κ3) is 5.15. The van der Waals surface area contributed by atoms with Crippen LogP contribution >= 0.6 is 11.6 Å². The molecule has 0 heterocycles. The van der Waals surface area contributed by atoms with Gasteiger partial charge in [-0.2, -0.15) is 0 Å². The number of amides is 1. The van der Waals surface area contributed by atoms with E-state index in [1.54, 1.807) is 36.2 Å². The first-order valence-corrected chi connectivity index (χ1v) is 7.39. The summed E-state index contributed by atoms with van der Waals surface area (Å²) in [7, 11) is 1.80. The monoisotopic (exact) mass is 318 g/mol. The summed E-state index contributed by atoms with van der Waals surface area (Å²) in [6.45, 7) is 0.573. The number of nitrogens with one attached hydrogen (secondary N) is 1. The molecule has 1 amide bonds. The first-order chi connectivity index (χ1) is 10.5. The van der Waals surface area contributed by atoms with Crippen LogP contribution in [0.1, 0.15) is 11.7 Å². The van der Waals surface area contributed by atoms with Gasteiger partial charge in [0.15, 0.2) is 0 Å². The Morgan fingerprint density at radius 1 is 1.23 bits per heavy atom. The van der Waals surface area contributed by atoms with Gasteiger partial charge in [-0.1, -0.05) is 48.0 Å². The van der Waals surface area contributed by atoms with Gasteiger partial charge in [-0.25, -0.2) is 0 Å². The second-order valence-corrected chi connectivity index (χ2v) is 5.62. The Balaban J connectivity index is 1.83. The SMILES string of the molecule is CN(CC(=O)Nc1cccc(Cl)c1)CC(O)c1ccccc1. The van der Waals surface area contributed by atoms with Crippen molar-refractivity contribution < 1.29 is 9.90 Å². The Hall–Kier alpha value is -1.88. The molecule has 0 saturated heterocycles. The van der Waals surface area contributed by atoms with E-state index < -0.39 is 6.10 Å². The van der Waals surface area contributed by atoms with Crippen molar-refractivity contribution >= 4 is 23.2 Å². The molecule has 0 bridgehead atoms. The maximum Gasteiger partial charge on any atom is 0.238 e. The highest BCUT2D eigenvalue weighted by Crippen LogP contribution is 2.15. The van der Waals surface area contributed by atoms with Crippen LogP contribution < -0.4 is 5.32 Å². The molecule has 2 rings (SSSR count). The molecule has 0 fully saturated rings. The molecule has 1 atom stereocenters. The molecule has 0 aliphatic carbocycles. The number of carbonyl (C=O) groups excluding carboxylic acids is 1. The number of benzene rings is 2. The van der Waals surface area contributed by atoms with E-state index in [2.05, 4.69) is 5.32 Å². The topological polar surface area (TPSA) is 52.6 Å². The maximum absolute atomic E-state index is 12.0. The molecule has 2 aromatic carbocycles. The third-order valence-corrected chi connectivity index (χ3v) is 3.43.